The molecule has 42 heavy (non-hydrogen) atoms. The van der Waals surface area contributed by atoms with E-state index in [9.17, 15) is 0 Å². The van der Waals surface area contributed by atoms with E-state index in [2.05, 4.69) is 83.9 Å². The number of rotatable bonds is 7. The standard InChI is InChI=1S/C33H39N9/c34-32-36-33(39-42(32)30-23-26-10-5-9-25-8-1-2-11-29(25)31(26)38-37-30)35-27-14-12-24(13-15-27)7-6-18-40-21-16-28(17-22-40)41-19-3-4-20-41/h1-2,6-8,11-15,23,28H,3-5,9-10,16-22H2,(H3,34,35,36,39)/b7-6+. The zero-order chi connectivity index (χ0) is 28.3. The Morgan fingerprint density at radius 3 is 2.50 bits per heavy atom. The summed E-state index contributed by atoms with van der Waals surface area (Å²) in [4.78, 5) is 9.71. The van der Waals surface area contributed by atoms with Crippen molar-refractivity contribution in [2.24, 2.45) is 0 Å². The molecule has 7 rings (SSSR count). The normalized spacial score (nSPS) is 18.2. The van der Waals surface area contributed by atoms with Crippen molar-refractivity contribution in [3.05, 3.63) is 77.4 Å². The Bertz CT molecular complexity index is 1540. The Kier molecular flexibility index (Phi) is 7.68. The number of fused-ring (bicyclic) bond motifs is 3. The molecule has 0 radical (unpaired) electrons. The van der Waals surface area contributed by atoms with E-state index < -0.39 is 0 Å². The minimum Gasteiger partial charge on any atom is -0.368 e. The van der Waals surface area contributed by atoms with Gasteiger partial charge in [0.05, 0.1) is 5.69 Å². The summed E-state index contributed by atoms with van der Waals surface area (Å²) < 4.78 is 1.55. The predicted octanol–water partition coefficient (Wildman–Crippen LogP) is 5.11. The van der Waals surface area contributed by atoms with Crippen LogP contribution in [0.2, 0.25) is 0 Å². The van der Waals surface area contributed by atoms with Gasteiger partial charge in [0, 0.05) is 23.8 Å². The lowest BCUT2D eigenvalue weighted by atomic mass is 10.0. The van der Waals surface area contributed by atoms with Gasteiger partial charge in [0.2, 0.25) is 11.9 Å². The van der Waals surface area contributed by atoms with E-state index in [0.29, 0.717) is 11.8 Å². The highest BCUT2D eigenvalue weighted by Crippen LogP contribution is 2.31. The van der Waals surface area contributed by atoms with E-state index in [-0.39, 0.29) is 5.95 Å². The number of benzene rings is 2. The number of hydrogen-bond acceptors (Lipinski definition) is 8. The third-order valence-corrected chi connectivity index (χ3v) is 8.93. The highest BCUT2D eigenvalue weighted by Gasteiger charge is 2.26. The van der Waals surface area contributed by atoms with Crippen molar-refractivity contribution in [3.8, 4) is 17.1 Å². The summed E-state index contributed by atoms with van der Waals surface area (Å²) in [5.74, 6) is 1.27. The maximum atomic E-state index is 6.26. The first-order valence-corrected chi connectivity index (χ1v) is 15.4. The van der Waals surface area contributed by atoms with Crippen LogP contribution < -0.4 is 11.1 Å². The van der Waals surface area contributed by atoms with Gasteiger partial charge >= 0.3 is 0 Å². The Labute approximate surface area is 247 Å². The number of nitrogens with zero attached hydrogens (tertiary/aromatic N) is 7. The second kappa shape index (κ2) is 12.0. The third kappa shape index (κ3) is 5.80. The molecule has 2 aromatic heterocycles. The molecule has 3 aliphatic rings. The third-order valence-electron chi connectivity index (χ3n) is 8.93. The van der Waals surface area contributed by atoms with Gasteiger partial charge in [0.25, 0.3) is 0 Å². The summed E-state index contributed by atoms with van der Waals surface area (Å²) in [5, 5.41) is 16.9. The van der Waals surface area contributed by atoms with Crippen molar-refractivity contribution in [2.45, 2.75) is 51.0 Å². The first-order valence-electron chi connectivity index (χ1n) is 15.4. The molecule has 9 nitrogen and oxygen atoms in total. The first-order chi connectivity index (χ1) is 20.7. The van der Waals surface area contributed by atoms with E-state index in [0.717, 1.165) is 54.4 Å². The molecule has 0 amide bonds. The van der Waals surface area contributed by atoms with Crippen molar-refractivity contribution in [1.29, 1.82) is 0 Å². The Morgan fingerprint density at radius 2 is 1.67 bits per heavy atom. The van der Waals surface area contributed by atoms with Gasteiger partial charge in [-0.3, -0.25) is 4.90 Å². The lowest BCUT2D eigenvalue weighted by Gasteiger charge is -2.36. The first kappa shape index (κ1) is 26.8. The van der Waals surface area contributed by atoms with Gasteiger partial charge < -0.3 is 16.0 Å². The zero-order valence-corrected chi connectivity index (χ0v) is 24.1. The lowest BCUT2D eigenvalue weighted by molar-refractivity contribution is 0.135. The number of likely N-dealkylation sites (tertiary alicyclic amines) is 2. The second-order valence-corrected chi connectivity index (χ2v) is 11.7. The maximum Gasteiger partial charge on any atom is 0.248 e. The largest absolute Gasteiger partial charge is 0.368 e. The van der Waals surface area contributed by atoms with Gasteiger partial charge in [-0.2, -0.15) is 9.67 Å². The molecule has 9 heteroatoms. The number of anilines is 3. The van der Waals surface area contributed by atoms with Crippen LogP contribution in [0.4, 0.5) is 17.6 Å². The number of nitrogen functional groups attached to an aromatic ring is 1. The fourth-order valence-corrected chi connectivity index (χ4v) is 6.64. The average molecular weight is 562 g/mol. The molecule has 216 valence electrons. The van der Waals surface area contributed by atoms with Crippen molar-refractivity contribution in [1.82, 2.24) is 34.8 Å². The highest BCUT2D eigenvalue weighted by atomic mass is 15.4. The SMILES string of the molecule is Nc1nc(Nc2ccc(/C=C/CN3CCC(N4CCCC4)CC3)cc2)nn1-c1cc2c(nn1)-c1ccccc1CCC2. The van der Waals surface area contributed by atoms with Crippen LogP contribution in [0.25, 0.3) is 23.2 Å². The smallest absolute Gasteiger partial charge is 0.248 e. The number of nitrogens with one attached hydrogen (secondary N) is 1. The van der Waals surface area contributed by atoms with Crippen molar-refractivity contribution >= 4 is 23.7 Å². The molecule has 0 atom stereocenters. The molecule has 0 spiro atoms. The van der Waals surface area contributed by atoms with Gasteiger partial charge in [-0.05, 0) is 106 Å². The Hall–Kier alpha value is -4.08. The molecular weight excluding hydrogens is 522 g/mol. The van der Waals surface area contributed by atoms with Crippen LogP contribution in [0.15, 0.2) is 60.7 Å². The summed E-state index contributed by atoms with van der Waals surface area (Å²) in [6.07, 6.45) is 12.9. The Balaban J connectivity index is 0.962. The van der Waals surface area contributed by atoms with E-state index in [4.69, 9.17) is 5.73 Å². The second-order valence-electron chi connectivity index (χ2n) is 11.7. The molecule has 2 fully saturated rings. The van der Waals surface area contributed by atoms with Crippen LogP contribution >= 0.6 is 0 Å². The minimum absolute atomic E-state index is 0.268. The molecule has 2 aromatic carbocycles. The number of nitrogens with two attached hydrogens (primary N) is 1. The van der Waals surface area contributed by atoms with Crippen molar-refractivity contribution in [3.63, 3.8) is 0 Å². The number of aromatic nitrogens is 5. The van der Waals surface area contributed by atoms with E-state index in [1.54, 1.807) is 4.68 Å². The average Bonchev–Trinajstić information content (AvgIpc) is 3.65. The Morgan fingerprint density at radius 1 is 0.881 bits per heavy atom. The van der Waals surface area contributed by atoms with E-state index >= 15 is 0 Å². The number of hydrogen-bond donors (Lipinski definition) is 2. The highest BCUT2D eigenvalue weighted by molar-refractivity contribution is 5.68. The minimum atomic E-state index is 0.268. The van der Waals surface area contributed by atoms with Crippen LogP contribution in [0.5, 0.6) is 0 Å². The summed E-state index contributed by atoms with van der Waals surface area (Å²) >= 11 is 0. The molecule has 0 unspecified atom stereocenters. The number of piperidine rings is 1. The fourth-order valence-electron chi connectivity index (χ4n) is 6.64. The summed E-state index contributed by atoms with van der Waals surface area (Å²) in [7, 11) is 0. The molecule has 3 N–H and O–H groups in total. The monoisotopic (exact) mass is 561 g/mol. The summed E-state index contributed by atoms with van der Waals surface area (Å²) in [5.41, 5.74) is 12.9. The van der Waals surface area contributed by atoms with Crippen molar-refractivity contribution in [2.75, 3.05) is 43.8 Å². The molecule has 0 bridgehead atoms. The molecule has 0 saturated carbocycles. The van der Waals surface area contributed by atoms with Gasteiger partial charge in [-0.15, -0.1) is 15.3 Å². The van der Waals surface area contributed by atoms with Gasteiger partial charge in [-0.1, -0.05) is 48.6 Å². The quantitative estimate of drug-likeness (QED) is 0.321. The molecular formula is C33H39N9. The lowest BCUT2D eigenvalue weighted by Crippen LogP contribution is -2.43. The fraction of sp³-hybridized carbons (Fsp3) is 0.394. The van der Waals surface area contributed by atoms with Crippen molar-refractivity contribution < 1.29 is 0 Å². The molecule has 2 aliphatic heterocycles. The molecule has 4 aromatic rings. The van der Waals surface area contributed by atoms with Gasteiger partial charge in [0.15, 0.2) is 5.82 Å². The van der Waals surface area contributed by atoms with E-state index in [1.165, 1.54) is 63.0 Å². The zero-order valence-electron chi connectivity index (χ0n) is 24.1. The van der Waals surface area contributed by atoms with Crippen LogP contribution in [0.3, 0.4) is 0 Å². The molecule has 4 heterocycles. The van der Waals surface area contributed by atoms with E-state index in [1.807, 2.05) is 18.2 Å². The topological polar surface area (TPSA) is 101 Å². The predicted molar refractivity (Wildman–Crippen MR) is 168 cm³/mol. The van der Waals surface area contributed by atoms with Gasteiger partial charge in [0.1, 0.15) is 0 Å². The van der Waals surface area contributed by atoms with Crippen LogP contribution in [0, 0.1) is 0 Å². The summed E-state index contributed by atoms with van der Waals surface area (Å²) in [6, 6.07) is 19.6. The van der Waals surface area contributed by atoms with Crippen LogP contribution in [-0.4, -0.2) is 73.5 Å². The number of aryl methyl sites for hydroxylation is 2. The van der Waals surface area contributed by atoms with Crippen LogP contribution in [0.1, 0.15) is 48.8 Å². The van der Waals surface area contributed by atoms with Crippen LogP contribution in [-0.2, 0) is 12.8 Å². The molecule has 1 aliphatic carbocycles. The maximum absolute atomic E-state index is 6.26. The molecule has 2 saturated heterocycles. The van der Waals surface area contributed by atoms with Gasteiger partial charge in [-0.25, -0.2) is 0 Å². The summed E-state index contributed by atoms with van der Waals surface area (Å²) in [6.45, 7) is 6.01.